The molecular formula is C18H21N3O3S. The van der Waals surface area contributed by atoms with E-state index in [0.717, 1.165) is 23.7 Å². The highest BCUT2D eigenvalue weighted by Crippen LogP contribution is 2.30. The van der Waals surface area contributed by atoms with E-state index in [0.29, 0.717) is 31.7 Å². The van der Waals surface area contributed by atoms with E-state index in [1.54, 1.807) is 28.4 Å². The fourth-order valence-electron chi connectivity index (χ4n) is 3.51. The molecule has 1 aliphatic carbocycles. The van der Waals surface area contributed by atoms with E-state index in [1.165, 1.54) is 24.0 Å². The molecule has 1 saturated heterocycles. The number of nitrogens with one attached hydrogen (secondary N) is 1. The van der Waals surface area contributed by atoms with Crippen molar-refractivity contribution < 1.29 is 14.0 Å². The Balaban J connectivity index is 1.32. The Kier molecular flexibility index (Phi) is 4.57. The Hall–Kier alpha value is -2.15. The Labute approximate surface area is 150 Å². The molecule has 0 spiro atoms. The van der Waals surface area contributed by atoms with E-state index in [-0.39, 0.29) is 17.7 Å². The summed E-state index contributed by atoms with van der Waals surface area (Å²) in [6.07, 6.45) is 7.34. The summed E-state index contributed by atoms with van der Waals surface area (Å²) in [5.74, 6) is 0.213. The van der Waals surface area contributed by atoms with Crippen LogP contribution in [-0.4, -0.2) is 34.8 Å². The molecule has 2 aliphatic rings. The number of hydrogen-bond acceptors (Lipinski definition) is 5. The fraction of sp³-hybridized carbons (Fsp3) is 0.500. The molecule has 0 bridgehead atoms. The van der Waals surface area contributed by atoms with Gasteiger partial charge >= 0.3 is 0 Å². The zero-order valence-electron chi connectivity index (χ0n) is 14.0. The van der Waals surface area contributed by atoms with Gasteiger partial charge < -0.3 is 14.6 Å². The number of carbonyl (C=O) groups excluding carboxylic acids is 2. The molecule has 0 unspecified atom stereocenters. The quantitative estimate of drug-likeness (QED) is 0.914. The lowest BCUT2D eigenvalue weighted by atomic mass is 9.96. The first-order chi connectivity index (χ1) is 12.2. The van der Waals surface area contributed by atoms with Crippen LogP contribution in [0.15, 0.2) is 22.8 Å². The molecule has 1 N–H and O–H groups in total. The molecule has 2 aromatic heterocycles. The Morgan fingerprint density at radius 3 is 2.76 bits per heavy atom. The third-order valence-corrected chi connectivity index (χ3v) is 6.03. The number of carbonyl (C=O) groups is 2. The largest absolute Gasteiger partial charge is 0.459 e. The third-order valence-electron chi connectivity index (χ3n) is 4.96. The molecule has 2 aromatic rings. The number of fused-ring (bicyclic) bond motifs is 1. The second-order valence-corrected chi connectivity index (χ2v) is 7.71. The van der Waals surface area contributed by atoms with Crippen LogP contribution in [0.1, 0.15) is 46.8 Å². The smallest absolute Gasteiger partial charge is 0.289 e. The van der Waals surface area contributed by atoms with E-state index >= 15 is 0 Å². The lowest BCUT2D eigenvalue weighted by molar-refractivity contribution is -0.121. The van der Waals surface area contributed by atoms with Crippen molar-refractivity contribution in [3.05, 3.63) is 34.7 Å². The molecule has 2 amide bonds. The third kappa shape index (κ3) is 3.46. The lowest BCUT2D eigenvalue weighted by Gasteiger charge is -2.30. The number of nitrogens with zero attached hydrogens (tertiary/aromatic N) is 2. The van der Waals surface area contributed by atoms with Gasteiger partial charge in [-0.2, -0.15) is 0 Å². The van der Waals surface area contributed by atoms with E-state index in [4.69, 9.17) is 4.42 Å². The molecule has 132 valence electrons. The summed E-state index contributed by atoms with van der Waals surface area (Å²) in [5, 5.41) is 3.71. The summed E-state index contributed by atoms with van der Waals surface area (Å²) < 4.78 is 5.16. The van der Waals surface area contributed by atoms with Gasteiger partial charge in [0, 0.05) is 23.9 Å². The van der Waals surface area contributed by atoms with Crippen LogP contribution in [0.5, 0.6) is 0 Å². The first kappa shape index (κ1) is 16.3. The average Bonchev–Trinajstić information content (AvgIpc) is 3.30. The lowest BCUT2D eigenvalue weighted by Crippen LogP contribution is -2.41. The Morgan fingerprint density at radius 1 is 1.24 bits per heavy atom. The predicted octanol–water partition coefficient (Wildman–Crippen LogP) is 3.11. The van der Waals surface area contributed by atoms with Gasteiger partial charge in [-0.1, -0.05) is 0 Å². The molecule has 0 aromatic carbocycles. The Morgan fingerprint density at radius 2 is 2.04 bits per heavy atom. The minimum Gasteiger partial charge on any atom is -0.459 e. The van der Waals surface area contributed by atoms with Gasteiger partial charge in [-0.25, -0.2) is 4.98 Å². The minimum atomic E-state index is -0.101. The van der Waals surface area contributed by atoms with Crippen LogP contribution in [0.2, 0.25) is 0 Å². The van der Waals surface area contributed by atoms with Crippen molar-refractivity contribution in [2.75, 3.05) is 18.4 Å². The van der Waals surface area contributed by atoms with Crippen molar-refractivity contribution in [1.82, 2.24) is 9.88 Å². The number of likely N-dealkylation sites (tertiary alicyclic amines) is 1. The maximum atomic E-state index is 12.5. The molecular weight excluding hydrogens is 338 g/mol. The van der Waals surface area contributed by atoms with Gasteiger partial charge in [-0.15, -0.1) is 11.3 Å². The number of rotatable bonds is 3. The van der Waals surface area contributed by atoms with Crippen molar-refractivity contribution in [3.8, 4) is 0 Å². The van der Waals surface area contributed by atoms with Gasteiger partial charge in [-0.3, -0.25) is 9.59 Å². The van der Waals surface area contributed by atoms with E-state index in [2.05, 4.69) is 10.3 Å². The van der Waals surface area contributed by atoms with Gasteiger partial charge in [0.2, 0.25) is 5.91 Å². The molecule has 0 atom stereocenters. The molecule has 1 aliphatic heterocycles. The average molecular weight is 359 g/mol. The number of anilines is 1. The van der Waals surface area contributed by atoms with Crippen LogP contribution in [0.25, 0.3) is 0 Å². The van der Waals surface area contributed by atoms with Crippen molar-refractivity contribution in [1.29, 1.82) is 0 Å². The minimum absolute atomic E-state index is 0.0243. The summed E-state index contributed by atoms with van der Waals surface area (Å²) in [7, 11) is 0. The second-order valence-electron chi connectivity index (χ2n) is 6.63. The first-order valence-electron chi connectivity index (χ1n) is 8.83. The molecule has 7 heteroatoms. The molecule has 25 heavy (non-hydrogen) atoms. The molecule has 6 nitrogen and oxygen atoms in total. The van der Waals surface area contributed by atoms with Gasteiger partial charge in [0.25, 0.3) is 5.91 Å². The van der Waals surface area contributed by atoms with E-state index in [9.17, 15) is 9.59 Å². The van der Waals surface area contributed by atoms with Crippen LogP contribution in [-0.2, 0) is 17.6 Å². The SMILES string of the molecule is O=C(Nc1nc2c(s1)CCCC2)C1CCN(C(=O)c2ccco2)CC1. The second kappa shape index (κ2) is 7.00. The highest BCUT2D eigenvalue weighted by molar-refractivity contribution is 7.15. The fourth-order valence-corrected chi connectivity index (χ4v) is 4.57. The maximum Gasteiger partial charge on any atom is 0.289 e. The molecule has 1 fully saturated rings. The summed E-state index contributed by atoms with van der Waals surface area (Å²) in [6, 6.07) is 3.38. The summed E-state index contributed by atoms with van der Waals surface area (Å²) in [5.41, 5.74) is 1.16. The number of aryl methyl sites for hydroxylation is 2. The predicted molar refractivity (Wildman–Crippen MR) is 94.7 cm³/mol. The zero-order valence-corrected chi connectivity index (χ0v) is 14.8. The maximum absolute atomic E-state index is 12.5. The van der Waals surface area contributed by atoms with Crippen molar-refractivity contribution in [2.24, 2.45) is 5.92 Å². The van der Waals surface area contributed by atoms with Gasteiger partial charge in [-0.05, 0) is 50.7 Å². The Bertz CT molecular complexity index is 737. The normalized spacial score (nSPS) is 18.0. The van der Waals surface area contributed by atoms with Crippen LogP contribution < -0.4 is 5.32 Å². The molecule has 4 rings (SSSR count). The highest BCUT2D eigenvalue weighted by atomic mass is 32.1. The molecule has 0 saturated carbocycles. The summed E-state index contributed by atoms with van der Waals surface area (Å²) in [4.78, 5) is 32.4. The van der Waals surface area contributed by atoms with E-state index in [1.807, 2.05) is 0 Å². The standard InChI is InChI=1S/C18H21N3O3S/c22-16(20-18-19-13-4-1-2-6-15(13)25-18)12-7-9-21(10-8-12)17(23)14-5-3-11-24-14/h3,5,11-12H,1-2,4,6-10H2,(H,19,20,22). The number of hydrogen-bond donors (Lipinski definition) is 1. The van der Waals surface area contributed by atoms with Crippen LogP contribution in [0, 0.1) is 5.92 Å². The van der Waals surface area contributed by atoms with Crippen LogP contribution >= 0.6 is 11.3 Å². The number of piperidine rings is 1. The summed E-state index contributed by atoms with van der Waals surface area (Å²) in [6.45, 7) is 1.15. The summed E-state index contributed by atoms with van der Waals surface area (Å²) >= 11 is 1.61. The van der Waals surface area contributed by atoms with Crippen molar-refractivity contribution >= 4 is 28.3 Å². The molecule has 0 radical (unpaired) electrons. The van der Waals surface area contributed by atoms with Crippen molar-refractivity contribution in [3.63, 3.8) is 0 Å². The highest BCUT2D eigenvalue weighted by Gasteiger charge is 2.29. The van der Waals surface area contributed by atoms with Crippen LogP contribution in [0.3, 0.4) is 0 Å². The molecule has 3 heterocycles. The van der Waals surface area contributed by atoms with Gasteiger partial charge in [0.05, 0.1) is 12.0 Å². The zero-order chi connectivity index (χ0) is 17.2. The van der Waals surface area contributed by atoms with E-state index < -0.39 is 0 Å². The number of amides is 2. The topological polar surface area (TPSA) is 75.4 Å². The van der Waals surface area contributed by atoms with Crippen LogP contribution in [0.4, 0.5) is 5.13 Å². The van der Waals surface area contributed by atoms with Gasteiger partial charge in [0.1, 0.15) is 0 Å². The number of thiazole rings is 1. The monoisotopic (exact) mass is 359 g/mol. The van der Waals surface area contributed by atoms with Gasteiger partial charge in [0.15, 0.2) is 10.9 Å². The van der Waals surface area contributed by atoms with Crippen molar-refractivity contribution in [2.45, 2.75) is 38.5 Å². The number of aromatic nitrogens is 1. The number of furan rings is 1. The first-order valence-corrected chi connectivity index (χ1v) is 9.64.